The first-order valence-electron chi connectivity index (χ1n) is 11.1. The van der Waals surface area contributed by atoms with Gasteiger partial charge in [-0.25, -0.2) is 4.79 Å². The molecule has 3 aromatic carbocycles. The van der Waals surface area contributed by atoms with E-state index < -0.39 is 0 Å². The normalized spacial score (nSPS) is 14.8. The van der Waals surface area contributed by atoms with Crippen molar-refractivity contribution in [1.29, 1.82) is 0 Å². The Labute approximate surface area is 206 Å². The Kier molecular flexibility index (Phi) is 6.25. The molecule has 4 aromatic rings. The van der Waals surface area contributed by atoms with Crippen molar-refractivity contribution in [2.24, 2.45) is 0 Å². The SMILES string of the molecule is CCOC(=O)c1ccc(-c2ccc(/C=C3/SC(=O)N(Cc4cccc5ccccc45)C3=O)o2)cc1. The Balaban J connectivity index is 1.33. The fourth-order valence-electron chi connectivity index (χ4n) is 3.94. The lowest BCUT2D eigenvalue weighted by Crippen LogP contribution is -2.27. The van der Waals surface area contributed by atoms with E-state index in [1.54, 1.807) is 49.4 Å². The quantitative estimate of drug-likeness (QED) is 0.230. The molecule has 7 heteroatoms. The van der Waals surface area contributed by atoms with Gasteiger partial charge >= 0.3 is 5.97 Å². The Morgan fingerprint density at radius 3 is 2.54 bits per heavy atom. The first-order valence-corrected chi connectivity index (χ1v) is 11.9. The minimum Gasteiger partial charge on any atom is -0.462 e. The Morgan fingerprint density at radius 1 is 0.971 bits per heavy atom. The molecule has 5 rings (SSSR count). The molecule has 0 bridgehead atoms. The van der Waals surface area contributed by atoms with Gasteiger partial charge in [0.15, 0.2) is 0 Å². The van der Waals surface area contributed by atoms with Crippen LogP contribution >= 0.6 is 11.8 Å². The van der Waals surface area contributed by atoms with Crippen LogP contribution in [0.1, 0.15) is 28.6 Å². The van der Waals surface area contributed by atoms with Gasteiger partial charge in [-0.15, -0.1) is 0 Å². The second-order valence-corrected chi connectivity index (χ2v) is 8.90. The van der Waals surface area contributed by atoms with Crippen LogP contribution in [0.15, 0.2) is 88.2 Å². The summed E-state index contributed by atoms with van der Waals surface area (Å²) in [5.74, 6) is 0.329. The fourth-order valence-corrected chi connectivity index (χ4v) is 4.76. The number of esters is 1. The number of thioether (sulfide) groups is 1. The summed E-state index contributed by atoms with van der Waals surface area (Å²) in [6, 6.07) is 24.2. The maximum absolute atomic E-state index is 13.0. The molecule has 0 spiro atoms. The monoisotopic (exact) mass is 483 g/mol. The lowest BCUT2D eigenvalue weighted by Gasteiger charge is -2.14. The van der Waals surface area contributed by atoms with Gasteiger partial charge in [0.25, 0.3) is 11.1 Å². The van der Waals surface area contributed by atoms with Crippen LogP contribution in [0.2, 0.25) is 0 Å². The molecule has 0 unspecified atom stereocenters. The Morgan fingerprint density at radius 2 is 1.74 bits per heavy atom. The van der Waals surface area contributed by atoms with E-state index in [2.05, 4.69) is 0 Å². The van der Waals surface area contributed by atoms with Crippen LogP contribution < -0.4 is 0 Å². The number of imide groups is 1. The van der Waals surface area contributed by atoms with Crippen LogP contribution in [0, 0.1) is 0 Å². The average molecular weight is 484 g/mol. The summed E-state index contributed by atoms with van der Waals surface area (Å²) in [4.78, 5) is 39.1. The number of hydrogen-bond acceptors (Lipinski definition) is 6. The van der Waals surface area contributed by atoms with Crippen molar-refractivity contribution < 1.29 is 23.5 Å². The smallest absolute Gasteiger partial charge is 0.338 e. The number of nitrogens with zero attached hydrogens (tertiary/aromatic N) is 1. The number of ether oxygens (including phenoxy) is 1. The van der Waals surface area contributed by atoms with Crippen molar-refractivity contribution >= 4 is 45.7 Å². The largest absolute Gasteiger partial charge is 0.462 e. The zero-order valence-corrected chi connectivity index (χ0v) is 19.7. The van der Waals surface area contributed by atoms with Crippen LogP contribution in [0.25, 0.3) is 28.2 Å². The van der Waals surface area contributed by atoms with Crippen LogP contribution in [-0.4, -0.2) is 28.6 Å². The molecule has 1 saturated heterocycles. The van der Waals surface area contributed by atoms with Crippen molar-refractivity contribution in [2.45, 2.75) is 13.5 Å². The molecule has 1 aliphatic heterocycles. The molecule has 1 fully saturated rings. The third-order valence-electron chi connectivity index (χ3n) is 5.66. The fraction of sp³-hybridized carbons (Fsp3) is 0.107. The van der Waals surface area contributed by atoms with E-state index in [0.717, 1.165) is 33.7 Å². The van der Waals surface area contributed by atoms with Gasteiger partial charge in [-0.1, -0.05) is 54.6 Å². The van der Waals surface area contributed by atoms with Crippen molar-refractivity contribution in [3.05, 3.63) is 101 Å². The highest BCUT2D eigenvalue weighted by atomic mass is 32.2. The highest BCUT2D eigenvalue weighted by molar-refractivity contribution is 8.18. The Hall–Kier alpha value is -4.10. The van der Waals surface area contributed by atoms with E-state index in [4.69, 9.17) is 9.15 Å². The summed E-state index contributed by atoms with van der Waals surface area (Å²) in [5.41, 5.74) is 2.15. The molecule has 6 nitrogen and oxygen atoms in total. The molecular formula is C28H21NO5S. The minimum atomic E-state index is -0.376. The van der Waals surface area contributed by atoms with Crippen molar-refractivity contribution in [3.8, 4) is 11.3 Å². The first-order chi connectivity index (χ1) is 17.0. The summed E-state index contributed by atoms with van der Waals surface area (Å²) in [7, 11) is 0. The standard InChI is InChI=1S/C28H21NO5S/c1-2-33-27(31)20-12-10-19(11-13-20)24-15-14-22(34-24)16-25-26(30)29(28(32)35-25)17-21-8-5-7-18-6-3-4-9-23(18)21/h3-16H,2,17H2,1H3/b25-16+. The minimum absolute atomic E-state index is 0.208. The molecule has 1 aromatic heterocycles. The number of carbonyl (C=O) groups excluding carboxylic acids is 3. The van der Waals surface area contributed by atoms with Gasteiger partial charge in [-0.05, 0) is 59.3 Å². The first kappa shape index (κ1) is 22.7. The van der Waals surface area contributed by atoms with Crippen LogP contribution in [0.4, 0.5) is 4.79 Å². The summed E-state index contributed by atoms with van der Waals surface area (Å²) in [5, 5.41) is 1.77. The van der Waals surface area contributed by atoms with E-state index >= 15 is 0 Å². The van der Waals surface area contributed by atoms with Gasteiger partial charge in [-0.2, -0.15) is 0 Å². The lowest BCUT2D eigenvalue weighted by atomic mass is 10.0. The summed E-state index contributed by atoms with van der Waals surface area (Å²) in [6.45, 7) is 2.28. The summed E-state index contributed by atoms with van der Waals surface area (Å²) in [6.07, 6.45) is 1.59. The second kappa shape index (κ2) is 9.64. The molecule has 0 atom stereocenters. The molecule has 1 aliphatic rings. The zero-order valence-electron chi connectivity index (χ0n) is 18.9. The highest BCUT2D eigenvalue weighted by Gasteiger charge is 2.35. The van der Waals surface area contributed by atoms with Crippen LogP contribution in [0.3, 0.4) is 0 Å². The number of amides is 2. The van der Waals surface area contributed by atoms with Crippen molar-refractivity contribution in [1.82, 2.24) is 4.90 Å². The number of fused-ring (bicyclic) bond motifs is 1. The number of carbonyl (C=O) groups is 3. The average Bonchev–Trinajstić information content (AvgIpc) is 3.45. The van der Waals surface area contributed by atoms with E-state index in [9.17, 15) is 14.4 Å². The zero-order chi connectivity index (χ0) is 24.4. The number of rotatable bonds is 6. The predicted molar refractivity (Wildman–Crippen MR) is 136 cm³/mol. The number of benzene rings is 3. The van der Waals surface area contributed by atoms with Gasteiger partial charge in [-0.3, -0.25) is 14.5 Å². The third kappa shape index (κ3) is 4.63. The predicted octanol–water partition coefficient (Wildman–Crippen LogP) is 6.51. The van der Waals surface area contributed by atoms with E-state index in [-0.39, 0.29) is 23.7 Å². The van der Waals surface area contributed by atoms with Crippen molar-refractivity contribution in [2.75, 3.05) is 6.61 Å². The molecular weight excluding hydrogens is 462 g/mol. The molecule has 0 N–H and O–H groups in total. The van der Waals surface area contributed by atoms with Crippen LogP contribution in [0.5, 0.6) is 0 Å². The highest BCUT2D eigenvalue weighted by Crippen LogP contribution is 2.35. The molecule has 2 heterocycles. The molecule has 2 amide bonds. The molecule has 0 radical (unpaired) electrons. The summed E-state index contributed by atoms with van der Waals surface area (Å²) >= 11 is 0.903. The molecule has 0 aliphatic carbocycles. The summed E-state index contributed by atoms with van der Waals surface area (Å²) < 4.78 is 10.9. The van der Waals surface area contributed by atoms with Crippen molar-refractivity contribution in [3.63, 3.8) is 0 Å². The molecule has 174 valence electrons. The van der Waals surface area contributed by atoms with Gasteiger partial charge in [0.2, 0.25) is 0 Å². The van der Waals surface area contributed by atoms with E-state index in [0.29, 0.717) is 28.6 Å². The lowest BCUT2D eigenvalue weighted by molar-refractivity contribution is -0.123. The Bertz CT molecular complexity index is 1460. The topological polar surface area (TPSA) is 76.8 Å². The maximum Gasteiger partial charge on any atom is 0.338 e. The van der Waals surface area contributed by atoms with Gasteiger partial charge in [0, 0.05) is 11.6 Å². The maximum atomic E-state index is 13.0. The third-order valence-corrected chi connectivity index (χ3v) is 6.57. The van der Waals surface area contributed by atoms with Gasteiger partial charge in [0.05, 0.1) is 23.6 Å². The van der Waals surface area contributed by atoms with E-state index in [1.165, 1.54) is 4.90 Å². The van der Waals surface area contributed by atoms with Gasteiger partial charge in [0.1, 0.15) is 11.5 Å². The molecule has 0 saturated carbocycles. The number of furan rings is 1. The molecule has 35 heavy (non-hydrogen) atoms. The number of hydrogen-bond donors (Lipinski definition) is 0. The van der Waals surface area contributed by atoms with E-state index in [1.807, 2.05) is 42.5 Å². The second-order valence-electron chi connectivity index (χ2n) is 7.91. The van der Waals surface area contributed by atoms with Gasteiger partial charge < -0.3 is 9.15 Å². The van der Waals surface area contributed by atoms with Crippen LogP contribution in [-0.2, 0) is 16.1 Å².